The molecule has 0 amide bonds. The average molecular weight is 295 g/mol. The van der Waals surface area contributed by atoms with Crippen LogP contribution in [-0.4, -0.2) is 25.0 Å². The van der Waals surface area contributed by atoms with Gasteiger partial charge in [0.15, 0.2) is 0 Å². The molecule has 1 unspecified atom stereocenters. The van der Waals surface area contributed by atoms with Crippen molar-refractivity contribution in [2.75, 3.05) is 20.1 Å². The molecule has 2 rings (SSSR count). The molecular formula is C17H27ClN2. The summed E-state index contributed by atoms with van der Waals surface area (Å²) >= 11 is 6.25. The van der Waals surface area contributed by atoms with Gasteiger partial charge in [-0.3, -0.25) is 4.90 Å². The maximum atomic E-state index is 6.25. The second-order valence-electron chi connectivity index (χ2n) is 6.20. The number of rotatable bonds is 5. The normalized spacial score (nSPS) is 18.4. The highest BCUT2D eigenvalue weighted by atomic mass is 35.5. The largest absolute Gasteiger partial charge is 0.329 e. The van der Waals surface area contributed by atoms with Crippen LogP contribution in [0.25, 0.3) is 0 Å². The first-order chi connectivity index (χ1) is 9.61. The van der Waals surface area contributed by atoms with Crippen LogP contribution in [0.4, 0.5) is 0 Å². The van der Waals surface area contributed by atoms with Gasteiger partial charge in [-0.15, -0.1) is 0 Å². The second-order valence-corrected chi connectivity index (χ2v) is 6.61. The molecule has 1 aromatic rings. The van der Waals surface area contributed by atoms with E-state index in [4.69, 9.17) is 17.3 Å². The lowest BCUT2D eigenvalue weighted by atomic mass is 9.88. The number of aryl methyl sites for hydroxylation is 1. The number of nitrogens with two attached hydrogens (primary N) is 1. The van der Waals surface area contributed by atoms with E-state index in [2.05, 4.69) is 30.1 Å². The summed E-state index contributed by atoms with van der Waals surface area (Å²) in [7, 11) is 2.19. The molecule has 1 fully saturated rings. The van der Waals surface area contributed by atoms with E-state index in [9.17, 15) is 0 Å². The van der Waals surface area contributed by atoms with E-state index in [1.165, 1.54) is 37.7 Å². The molecule has 0 saturated heterocycles. The molecule has 0 aliphatic heterocycles. The van der Waals surface area contributed by atoms with Crippen molar-refractivity contribution < 1.29 is 0 Å². The molecule has 1 aliphatic rings. The first kappa shape index (κ1) is 15.8. The van der Waals surface area contributed by atoms with Crippen molar-refractivity contribution in [3.63, 3.8) is 0 Å². The summed E-state index contributed by atoms with van der Waals surface area (Å²) in [6, 6.07) is 6.60. The van der Waals surface area contributed by atoms with Crippen LogP contribution in [0.5, 0.6) is 0 Å². The third-order valence-corrected chi connectivity index (χ3v) is 5.01. The topological polar surface area (TPSA) is 29.3 Å². The molecule has 2 nitrogen and oxygen atoms in total. The predicted molar refractivity (Wildman–Crippen MR) is 87.2 cm³/mol. The molecule has 1 atom stereocenters. The third-order valence-electron chi connectivity index (χ3n) is 4.61. The van der Waals surface area contributed by atoms with Gasteiger partial charge in [-0.25, -0.2) is 0 Å². The highest BCUT2D eigenvalue weighted by Crippen LogP contribution is 2.28. The lowest BCUT2D eigenvalue weighted by Gasteiger charge is -2.32. The fourth-order valence-electron chi connectivity index (χ4n) is 3.29. The van der Waals surface area contributed by atoms with Gasteiger partial charge in [0.2, 0.25) is 0 Å². The Morgan fingerprint density at radius 3 is 2.60 bits per heavy atom. The Bertz CT molecular complexity index is 427. The van der Waals surface area contributed by atoms with Gasteiger partial charge in [0, 0.05) is 24.2 Å². The molecular weight excluding hydrogens is 268 g/mol. The van der Waals surface area contributed by atoms with Crippen molar-refractivity contribution in [3.8, 4) is 0 Å². The summed E-state index contributed by atoms with van der Waals surface area (Å²) in [5.74, 6) is 0.837. The molecule has 0 heterocycles. The van der Waals surface area contributed by atoms with Gasteiger partial charge in [0.25, 0.3) is 0 Å². The molecule has 0 spiro atoms. The lowest BCUT2D eigenvalue weighted by Crippen LogP contribution is -2.34. The van der Waals surface area contributed by atoms with Crippen molar-refractivity contribution in [1.82, 2.24) is 4.90 Å². The molecule has 1 saturated carbocycles. The Balaban J connectivity index is 2.03. The van der Waals surface area contributed by atoms with Crippen molar-refractivity contribution in [3.05, 3.63) is 34.3 Å². The standard InChI is InChI=1S/C17H27ClN2/c1-13-8-9-15(10-16(13)18)17(11-19)20(2)12-14-6-4-3-5-7-14/h8-10,14,17H,3-7,11-12,19H2,1-2H3. The molecule has 1 aliphatic carbocycles. The Morgan fingerprint density at radius 2 is 2.00 bits per heavy atom. The van der Waals surface area contributed by atoms with Crippen LogP contribution in [-0.2, 0) is 0 Å². The third kappa shape index (κ3) is 3.97. The highest BCUT2D eigenvalue weighted by molar-refractivity contribution is 6.31. The fraction of sp³-hybridized carbons (Fsp3) is 0.647. The number of likely N-dealkylation sites (N-methyl/N-ethyl adjacent to an activating group) is 1. The van der Waals surface area contributed by atoms with Crippen molar-refractivity contribution in [1.29, 1.82) is 0 Å². The van der Waals surface area contributed by atoms with Gasteiger partial charge in [0.05, 0.1) is 0 Å². The second kappa shape index (κ2) is 7.44. The predicted octanol–water partition coefficient (Wildman–Crippen LogP) is 4.16. The zero-order valence-corrected chi connectivity index (χ0v) is 13.5. The van der Waals surface area contributed by atoms with E-state index < -0.39 is 0 Å². The number of hydrogen-bond acceptors (Lipinski definition) is 2. The van der Waals surface area contributed by atoms with Crippen LogP contribution in [0.2, 0.25) is 5.02 Å². The van der Waals surface area contributed by atoms with Gasteiger partial charge < -0.3 is 5.73 Å². The molecule has 112 valence electrons. The van der Waals surface area contributed by atoms with Crippen molar-refractivity contribution in [2.24, 2.45) is 11.7 Å². The maximum absolute atomic E-state index is 6.25. The SMILES string of the molecule is Cc1ccc(C(CN)N(C)CC2CCCCC2)cc1Cl. The zero-order valence-electron chi connectivity index (χ0n) is 12.7. The number of benzene rings is 1. The Labute approximate surface area is 128 Å². The first-order valence-corrected chi connectivity index (χ1v) is 8.16. The van der Waals surface area contributed by atoms with Gasteiger partial charge in [0.1, 0.15) is 0 Å². The Morgan fingerprint density at radius 1 is 1.30 bits per heavy atom. The maximum Gasteiger partial charge on any atom is 0.0468 e. The number of hydrogen-bond donors (Lipinski definition) is 1. The molecule has 3 heteroatoms. The van der Waals surface area contributed by atoms with Crippen LogP contribution < -0.4 is 5.73 Å². The minimum atomic E-state index is 0.273. The molecule has 0 bridgehead atoms. The van der Waals surface area contributed by atoms with Crippen LogP contribution >= 0.6 is 11.6 Å². The van der Waals surface area contributed by atoms with Gasteiger partial charge in [-0.1, -0.05) is 43.0 Å². The molecule has 2 N–H and O–H groups in total. The van der Waals surface area contributed by atoms with E-state index in [1.807, 2.05) is 6.92 Å². The molecule has 0 aromatic heterocycles. The summed E-state index contributed by atoms with van der Waals surface area (Å²) in [6.07, 6.45) is 6.94. The van der Waals surface area contributed by atoms with Crippen molar-refractivity contribution in [2.45, 2.75) is 45.1 Å². The average Bonchev–Trinajstić information content (AvgIpc) is 2.44. The van der Waals surface area contributed by atoms with E-state index in [0.717, 1.165) is 23.0 Å². The summed E-state index contributed by atoms with van der Waals surface area (Å²) in [5, 5.41) is 0.840. The minimum Gasteiger partial charge on any atom is -0.329 e. The fourth-order valence-corrected chi connectivity index (χ4v) is 3.48. The van der Waals surface area contributed by atoms with Crippen LogP contribution in [0.1, 0.15) is 49.3 Å². The van der Waals surface area contributed by atoms with E-state index in [1.54, 1.807) is 0 Å². The molecule has 0 radical (unpaired) electrons. The van der Waals surface area contributed by atoms with Crippen LogP contribution in [0.3, 0.4) is 0 Å². The quantitative estimate of drug-likeness (QED) is 0.883. The Kier molecular flexibility index (Phi) is 5.88. The number of halogens is 1. The summed E-state index contributed by atoms with van der Waals surface area (Å²) in [5.41, 5.74) is 8.38. The monoisotopic (exact) mass is 294 g/mol. The minimum absolute atomic E-state index is 0.273. The van der Waals surface area contributed by atoms with E-state index in [-0.39, 0.29) is 6.04 Å². The number of nitrogens with zero attached hydrogens (tertiary/aromatic N) is 1. The van der Waals surface area contributed by atoms with Gasteiger partial charge in [-0.05, 0) is 49.9 Å². The summed E-state index contributed by atoms with van der Waals surface area (Å²) in [4.78, 5) is 2.41. The van der Waals surface area contributed by atoms with Crippen LogP contribution in [0.15, 0.2) is 18.2 Å². The molecule has 1 aromatic carbocycles. The van der Waals surface area contributed by atoms with E-state index >= 15 is 0 Å². The summed E-state index contributed by atoms with van der Waals surface area (Å²) < 4.78 is 0. The van der Waals surface area contributed by atoms with Gasteiger partial charge in [-0.2, -0.15) is 0 Å². The zero-order chi connectivity index (χ0) is 14.5. The van der Waals surface area contributed by atoms with E-state index in [0.29, 0.717) is 6.54 Å². The smallest absolute Gasteiger partial charge is 0.0468 e. The first-order valence-electron chi connectivity index (χ1n) is 7.78. The Hall–Kier alpha value is -0.570. The highest BCUT2D eigenvalue weighted by Gasteiger charge is 2.21. The summed E-state index contributed by atoms with van der Waals surface area (Å²) in [6.45, 7) is 3.82. The van der Waals surface area contributed by atoms with Gasteiger partial charge >= 0.3 is 0 Å². The van der Waals surface area contributed by atoms with Crippen LogP contribution in [0, 0.1) is 12.8 Å². The van der Waals surface area contributed by atoms with Crippen molar-refractivity contribution >= 4 is 11.6 Å². The molecule has 20 heavy (non-hydrogen) atoms. The lowest BCUT2D eigenvalue weighted by molar-refractivity contribution is 0.186.